The van der Waals surface area contributed by atoms with Crippen LogP contribution in [0.15, 0.2) is 91.1 Å². The molecule has 4 rings (SSSR count). The van der Waals surface area contributed by atoms with Gasteiger partial charge in [0.05, 0.1) is 6.10 Å². The van der Waals surface area contributed by atoms with Crippen LogP contribution in [-0.2, 0) is 13.1 Å². The topological polar surface area (TPSA) is 39.3 Å². The van der Waals surface area contributed by atoms with Crippen LogP contribution in [0.4, 0.5) is 0 Å². The molecule has 0 saturated heterocycles. The highest BCUT2D eigenvalue weighted by Crippen LogP contribution is 2.22. The van der Waals surface area contributed by atoms with Gasteiger partial charge < -0.3 is 10.1 Å². The smallest absolute Gasteiger partial charge is 0.0917 e. The minimum Gasteiger partial charge on any atom is -0.387 e. The first kappa shape index (κ1) is 17.5. The standard InChI is InChI=1S/C24H24N2O/c27-24(22-12-11-21-13-14-25-23(21)15-22)18-26(16-19-7-3-1-4-8-19)17-20-9-5-2-6-10-20/h1-15,24-25,27H,16-18H2/t24-/m0/s1. The third-order valence-electron chi connectivity index (χ3n) is 4.89. The van der Waals surface area contributed by atoms with E-state index in [2.05, 4.69) is 64.5 Å². The number of hydrogen-bond donors (Lipinski definition) is 2. The molecule has 0 aliphatic carbocycles. The number of fused-ring (bicyclic) bond motifs is 1. The van der Waals surface area contributed by atoms with E-state index in [1.54, 1.807) is 0 Å². The van der Waals surface area contributed by atoms with Gasteiger partial charge >= 0.3 is 0 Å². The average Bonchev–Trinajstić information content (AvgIpc) is 3.17. The second-order valence-electron chi connectivity index (χ2n) is 6.98. The Bertz CT molecular complexity index is 937. The summed E-state index contributed by atoms with van der Waals surface area (Å²) < 4.78 is 0. The molecule has 4 aromatic rings. The molecule has 0 amide bonds. The molecule has 27 heavy (non-hydrogen) atoms. The number of rotatable bonds is 7. The van der Waals surface area contributed by atoms with Crippen LogP contribution in [0.2, 0.25) is 0 Å². The lowest BCUT2D eigenvalue weighted by Crippen LogP contribution is -2.28. The zero-order valence-electron chi connectivity index (χ0n) is 15.3. The molecule has 1 heterocycles. The predicted molar refractivity (Wildman–Crippen MR) is 110 cm³/mol. The van der Waals surface area contributed by atoms with Gasteiger partial charge in [0.2, 0.25) is 0 Å². The van der Waals surface area contributed by atoms with E-state index in [-0.39, 0.29) is 0 Å². The fraction of sp³-hybridized carbons (Fsp3) is 0.167. The number of benzene rings is 3. The van der Waals surface area contributed by atoms with E-state index in [1.165, 1.54) is 11.1 Å². The Hall–Kier alpha value is -2.88. The summed E-state index contributed by atoms with van der Waals surface area (Å²) in [5.74, 6) is 0. The number of nitrogens with zero attached hydrogens (tertiary/aromatic N) is 1. The second-order valence-corrected chi connectivity index (χ2v) is 6.98. The number of aliphatic hydroxyl groups excluding tert-OH is 1. The fourth-order valence-electron chi connectivity index (χ4n) is 3.49. The summed E-state index contributed by atoms with van der Waals surface area (Å²) >= 11 is 0. The van der Waals surface area contributed by atoms with Crippen LogP contribution in [0.1, 0.15) is 22.8 Å². The van der Waals surface area contributed by atoms with E-state index in [9.17, 15) is 5.11 Å². The van der Waals surface area contributed by atoms with E-state index < -0.39 is 6.10 Å². The Labute approximate surface area is 159 Å². The van der Waals surface area contributed by atoms with Crippen molar-refractivity contribution in [3.63, 3.8) is 0 Å². The molecule has 1 aromatic heterocycles. The summed E-state index contributed by atoms with van der Waals surface area (Å²) in [6, 6.07) is 29.0. The maximum atomic E-state index is 10.9. The highest BCUT2D eigenvalue weighted by atomic mass is 16.3. The van der Waals surface area contributed by atoms with Crippen molar-refractivity contribution in [2.75, 3.05) is 6.54 Å². The quantitative estimate of drug-likeness (QED) is 0.494. The van der Waals surface area contributed by atoms with Gasteiger partial charge in [-0.3, -0.25) is 4.90 Å². The van der Waals surface area contributed by atoms with Crippen molar-refractivity contribution >= 4 is 10.9 Å². The van der Waals surface area contributed by atoms with Gasteiger partial charge in [-0.05, 0) is 34.2 Å². The Balaban J connectivity index is 1.53. The van der Waals surface area contributed by atoms with Crippen molar-refractivity contribution in [1.29, 1.82) is 0 Å². The zero-order chi connectivity index (χ0) is 18.5. The molecule has 0 aliphatic rings. The van der Waals surface area contributed by atoms with Gasteiger partial charge in [-0.1, -0.05) is 72.8 Å². The van der Waals surface area contributed by atoms with E-state index in [4.69, 9.17) is 0 Å². The molecular formula is C24H24N2O. The van der Waals surface area contributed by atoms with Crippen molar-refractivity contribution in [3.8, 4) is 0 Å². The van der Waals surface area contributed by atoms with Crippen molar-refractivity contribution in [3.05, 3.63) is 108 Å². The molecule has 3 heteroatoms. The van der Waals surface area contributed by atoms with E-state index >= 15 is 0 Å². The first-order valence-corrected chi connectivity index (χ1v) is 9.33. The Morgan fingerprint density at radius 2 is 1.41 bits per heavy atom. The van der Waals surface area contributed by atoms with Crippen LogP contribution in [0.3, 0.4) is 0 Å². The highest BCUT2D eigenvalue weighted by molar-refractivity contribution is 5.79. The monoisotopic (exact) mass is 356 g/mol. The van der Waals surface area contributed by atoms with Crippen LogP contribution < -0.4 is 0 Å². The third-order valence-corrected chi connectivity index (χ3v) is 4.89. The lowest BCUT2D eigenvalue weighted by atomic mass is 10.1. The SMILES string of the molecule is O[C@@H](CN(Cc1ccccc1)Cc1ccccc1)c1ccc2cc[nH]c2c1. The van der Waals surface area contributed by atoms with Crippen LogP contribution in [0, 0.1) is 0 Å². The molecule has 0 saturated carbocycles. The van der Waals surface area contributed by atoms with Gasteiger partial charge in [0.15, 0.2) is 0 Å². The first-order chi connectivity index (χ1) is 13.3. The lowest BCUT2D eigenvalue weighted by molar-refractivity contribution is 0.105. The number of H-pyrrole nitrogens is 1. The van der Waals surface area contributed by atoms with E-state index in [1.807, 2.05) is 36.5 Å². The van der Waals surface area contributed by atoms with Gasteiger partial charge in [-0.15, -0.1) is 0 Å². The van der Waals surface area contributed by atoms with Crippen LogP contribution in [0.25, 0.3) is 10.9 Å². The summed E-state index contributed by atoms with van der Waals surface area (Å²) in [6.07, 6.45) is 1.39. The molecule has 0 aliphatic heterocycles. The van der Waals surface area contributed by atoms with Gasteiger partial charge in [-0.25, -0.2) is 0 Å². The van der Waals surface area contributed by atoms with E-state index in [0.717, 1.165) is 29.6 Å². The number of aliphatic hydroxyl groups is 1. The molecule has 0 fully saturated rings. The Kier molecular flexibility index (Phi) is 5.33. The van der Waals surface area contributed by atoms with Crippen molar-refractivity contribution in [2.24, 2.45) is 0 Å². The molecule has 3 aromatic carbocycles. The minimum atomic E-state index is -0.537. The molecule has 0 spiro atoms. The number of aromatic nitrogens is 1. The van der Waals surface area contributed by atoms with Gasteiger partial charge in [0.1, 0.15) is 0 Å². The molecule has 0 unspecified atom stereocenters. The van der Waals surface area contributed by atoms with Crippen molar-refractivity contribution in [2.45, 2.75) is 19.2 Å². The Morgan fingerprint density at radius 3 is 2.04 bits per heavy atom. The molecule has 136 valence electrons. The van der Waals surface area contributed by atoms with Gasteiger partial charge in [0.25, 0.3) is 0 Å². The van der Waals surface area contributed by atoms with Crippen LogP contribution in [0.5, 0.6) is 0 Å². The second kappa shape index (κ2) is 8.21. The normalized spacial score (nSPS) is 12.5. The Morgan fingerprint density at radius 1 is 0.778 bits per heavy atom. The minimum absolute atomic E-state index is 0.537. The van der Waals surface area contributed by atoms with Gasteiger partial charge in [0, 0.05) is 31.3 Å². The maximum Gasteiger partial charge on any atom is 0.0917 e. The zero-order valence-corrected chi connectivity index (χ0v) is 15.3. The molecular weight excluding hydrogens is 332 g/mol. The lowest BCUT2D eigenvalue weighted by Gasteiger charge is -2.25. The van der Waals surface area contributed by atoms with Crippen molar-refractivity contribution < 1.29 is 5.11 Å². The number of hydrogen-bond acceptors (Lipinski definition) is 2. The third kappa shape index (κ3) is 4.45. The molecule has 0 bridgehead atoms. The summed E-state index contributed by atoms with van der Waals surface area (Å²) in [4.78, 5) is 5.52. The predicted octanol–water partition coefficient (Wildman–Crippen LogP) is 4.90. The molecule has 2 N–H and O–H groups in total. The molecule has 0 radical (unpaired) electrons. The summed E-state index contributed by atoms with van der Waals surface area (Å²) in [6.45, 7) is 2.19. The van der Waals surface area contributed by atoms with E-state index in [0.29, 0.717) is 6.54 Å². The largest absolute Gasteiger partial charge is 0.387 e. The summed E-state index contributed by atoms with van der Waals surface area (Å²) in [5, 5.41) is 12.1. The average molecular weight is 356 g/mol. The first-order valence-electron chi connectivity index (χ1n) is 9.33. The van der Waals surface area contributed by atoms with Crippen molar-refractivity contribution in [1.82, 2.24) is 9.88 Å². The van der Waals surface area contributed by atoms with Gasteiger partial charge in [-0.2, -0.15) is 0 Å². The molecule has 1 atom stereocenters. The number of aromatic amines is 1. The summed E-state index contributed by atoms with van der Waals surface area (Å²) in [5.41, 5.74) is 4.50. The van der Waals surface area contributed by atoms with Crippen LogP contribution in [-0.4, -0.2) is 21.5 Å². The number of nitrogens with one attached hydrogen (secondary N) is 1. The molecule has 3 nitrogen and oxygen atoms in total. The fourth-order valence-corrected chi connectivity index (χ4v) is 3.49. The highest BCUT2D eigenvalue weighted by Gasteiger charge is 2.15. The van der Waals surface area contributed by atoms with Crippen LogP contribution >= 0.6 is 0 Å². The maximum absolute atomic E-state index is 10.9. The summed E-state index contributed by atoms with van der Waals surface area (Å²) in [7, 11) is 0.